The van der Waals surface area contributed by atoms with E-state index in [2.05, 4.69) is 10.2 Å². The second kappa shape index (κ2) is 11.0. The normalized spacial score (nSPS) is 20.2. The van der Waals surface area contributed by atoms with Crippen LogP contribution in [0.4, 0.5) is 18.9 Å². The van der Waals surface area contributed by atoms with Crippen molar-refractivity contribution in [3.8, 4) is 0 Å². The number of likely N-dealkylation sites (tertiary alicyclic amines) is 1. The van der Waals surface area contributed by atoms with Gasteiger partial charge >= 0.3 is 6.18 Å². The molecule has 10 heteroatoms. The van der Waals surface area contributed by atoms with Gasteiger partial charge in [-0.15, -0.1) is 11.3 Å². The van der Waals surface area contributed by atoms with Crippen molar-refractivity contribution in [1.82, 2.24) is 10.2 Å². The predicted octanol–water partition coefficient (Wildman–Crippen LogP) is 7.36. The minimum atomic E-state index is -4.33. The fourth-order valence-corrected chi connectivity index (χ4v) is 7.46. The summed E-state index contributed by atoms with van der Waals surface area (Å²) in [6, 6.07) is 14.6. The van der Waals surface area contributed by atoms with Gasteiger partial charge in [0.25, 0.3) is 11.8 Å². The Hall–Kier alpha value is -3.04. The van der Waals surface area contributed by atoms with Crippen LogP contribution in [-0.4, -0.2) is 42.9 Å². The van der Waals surface area contributed by atoms with Crippen LogP contribution in [0.25, 0.3) is 0 Å². The summed E-state index contributed by atoms with van der Waals surface area (Å²) in [7, 11) is 0. The molecule has 1 atom stereocenters. The molecule has 3 aromatic rings. The first kappa shape index (κ1) is 28.1. The molecule has 1 N–H and O–H groups in total. The number of hydrogen-bond donors (Lipinski definition) is 1. The Morgan fingerprint density at radius 1 is 0.927 bits per heavy atom. The molecular weight excluding hydrogens is 571 g/mol. The minimum Gasteiger partial charge on any atom is -0.371 e. The van der Waals surface area contributed by atoms with Crippen molar-refractivity contribution in [2.75, 3.05) is 31.1 Å². The average molecular weight is 602 g/mol. The summed E-state index contributed by atoms with van der Waals surface area (Å²) in [6.07, 6.45) is 1.10. The Bertz CT molecular complexity index is 1440. The van der Waals surface area contributed by atoms with Crippen molar-refractivity contribution in [2.24, 2.45) is 5.41 Å². The van der Waals surface area contributed by atoms with E-state index in [1.165, 1.54) is 11.3 Å². The maximum atomic E-state index is 13.5. The molecule has 3 aliphatic rings. The zero-order valence-electron chi connectivity index (χ0n) is 22.5. The van der Waals surface area contributed by atoms with E-state index in [1.54, 1.807) is 24.3 Å². The number of alkyl halides is 3. The largest absolute Gasteiger partial charge is 0.416 e. The molecule has 3 heterocycles. The van der Waals surface area contributed by atoms with Gasteiger partial charge in [0, 0.05) is 37.4 Å². The Kier molecular flexibility index (Phi) is 7.53. The molecule has 5 nitrogen and oxygen atoms in total. The van der Waals surface area contributed by atoms with Crippen LogP contribution in [0.1, 0.15) is 74.9 Å². The SMILES string of the molecule is O=C(NC1CCc2ccc(C(=O)N3CCC4(CC3)CCN(c3ccc(C(F)(F)F)cc3)CC4)cc21)c1ccc(Cl)s1. The van der Waals surface area contributed by atoms with E-state index in [9.17, 15) is 22.8 Å². The van der Waals surface area contributed by atoms with Gasteiger partial charge in [0.2, 0.25) is 0 Å². The van der Waals surface area contributed by atoms with Gasteiger partial charge in [-0.3, -0.25) is 9.59 Å². The fraction of sp³-hybridized carbons (Fsp3) is 0.419. The van der Waals surface area contributed by atoms with Crippen LogP contribution in [0.15, 0.2) is 54.6 Å². The third-order valence-corrected chi connectivity index (χ3v) is 10.3. The van der Waals surface area contributed by atoms with Crippen LogP contribution in [0, 0.1) is 5.41 Å². The van der Waals surface area contributed by atoms with Crippen molar-refractivity contribution in [3.05, 3.63) is 86.1 Å². The summed E-state index contributed by atoms with van der Waals surface area (Å²) in [5, 5.41) is 3.11. The van der Waals surface area contributed by atoms with Gasteiger partial charge < -0.3 is 15.1 Å². The lowest BCUT2D eigenvalue weighted by molar-refractivity contribution is -0.137. The Balaban J connectivity index is 1.05. The second-order valence-corrected chi connectivity index (χ2v) is 13.1. The molecule has 1 unspecified atom stereocenters. The van der Waals surface area contributed by atoms with Crippen molar-refractivity contribution in [1.29, 1.82) is 0 Å². The number of carbonyl (C=O) groups is 2. The van der Waals surface area contributed by atoms with E-state index in [1.807, 2.05) is 23.1 Å². The maximum Gasteiger partial charge on any atom is 0.416 e. The quantitative estimate of drug-likeness (QED) is 0.340. The molecule has 2 aromatic carbocycles. The molecule has 2 amide bonds. The van der Waals surface area contributed by atoms with E-state index in [-0.39, 0.29) is 23.3 Å². The highest BCUT2D eigenvalue weighted by Gasteiger charge is 2.39. The number of nitrogens with one attached hydrogen (secondary N) is 1. The Morgan fingerprint density at radius 2 is 1.61 bits per heavy atom. The van der Waals surface area contributed by atoms with Crippen LogP contribution in [0.5, 0.6) is 0 Å². The maximum absolute atomic E-state index is 13.5. The van der Waals surface area contributed by atoms with E-state index < -0.39 is 11.7 Å². The van der Waals surface area contributed by atoms with Crippen LogP contribution < -0.4 is 10.2 Å². The average Bonchev–Trinajstić information content (AvgIpc) is 3.59. The minimum absolute atomic E-state index is 0.0202. The number of fused-ring (bicyclic) bond motifs is 1. The first-order valence-electron chi connectivity index (χ1n) is 14.0. The zero-order chi connectivity index (χ0) is 28.8. The molecule has 2 fully saturated rings. The number of aryl methyl sites for hydroxylation is 1. The number of thiophene rings is 1. The standard InChI is InChI=1S/C31H31ClF3N3O2S/c32-27-10-9-26(41-27)28(39)36-25-8-3-20-1-2-21(19-24(20)25)29(40)38-17-13-30(14-18-38)11-15-37(16-12-30)23-6-4-22(5-7-23)31(33,34)35/h1-2,4-7,9-10,19,25H,3,8,11-18H2,(H,36,39). The number of hydrogen-bond acceptors (Lipinski definition) is 4. The highest BCUT2D eigenvalue weighted by Crippen LogP contribution is 2.43. The predicted molar refractivity (Wildman–Crippen MR) is 155 cm³/mol. The molecule has 1 aliphatic carbocycles. The van der Waals surface area contributed by atoms with E-state index in [0.29, 0.717) is 27.9 Å². The number of benzene rings is 2. The van der Waals surface area contributed by atoms with Gasteiger partial charge in [-0.2, -0.15) is 13.2 Å². The molecule has 1 spiro atoms. The van der Waals surface area contributed by atoms with Crippen LogP contribution in [0.2, 0.25) is 4.34 Å². The summed E-state index contributed by atoms with van der Waals surface area (Å²) >= 11 is 7.24. The summed E-state index contributed by atoms with van der Waals surface area (Å²) in [6.45, 7) is 2.98. The third kappa shape index (κ3) is 5.84. The molecular formula is C31H31ClF3N3O2S. The number of piperidine rings is 2. The van der Waals surface area contributed by atoms with Gasteiger partial charge in [-0.05, 0) is 104 Å². The summed E-state index contributed by atoms with van der Waals surface area (Å²) in [5.41, 5.74) is 3.18. The number of carbonyl (C=O) groups excluding carboxylic acids is 2. The number of rotatable bonds is 4. The fourth-order valence-electron chi connectivity index (χ4n) is 6.52. The lowest BCUT2D eigenvalue weighted by Gasteiger charge is -2.47. The van der Waals surface area contributed by atoms with Crippen LogP contribution in [0.3, 0.4) is 0 Å². The molecule has 2 saturated heterocycles. The number of amides is 2. The van der Waals surface area contributed by atoms with Crippen molar-refractivity contribution < 1.29 is 22.8 Å². The molecule has 0 bridgehead atoms. The van der Waals surface area contributed by atoms with E-state index in [4.69, 9.17) is 11.6 Å². The lowest BCUT2D eigenvalue weighted by atomic mass is 9.71. The van der Waals surface area contributed by atoms with E-state index >= 15 is 0 Å². The van der Waals surface area contributed by atoms with Crippen LogP contribution >= 0.6 is 22.9 Å². The first-order chi connectivity index (χ1) is 19.6. The van der Waals surface area contributed by atoms with Gasteiger partial charge in [0.05, 0.1) is 20.8 Å². The number of halogens is 4. The highest BCUT2D eigenvalue weighted by molar-refractivity contribution is 7.18. The Morgan fingerprint density at radius 3 is 2.24 bits per heavy atom. The number of anilines is 1. The van der Waals surface area contributed by atoms with Crippen molar-refractivity contribution >= 4 is 40.4 Å². The topological polar surface area (TPSA) is 52.7 Å². The summed E-state index contributed by atoms with van der Waals surface area (Å²) in [5.74, 6) is -0.131. The Labute approximate surface area is 246 Å². The highest BCUT2D eigenvalue weighted by atomic mass is 35.5. The third-order valence-electron chi connectivity index (χ3n) is 9.07. The van der Waals surface area contributed by atoms with Crippen molar-refractivity contribution in [2.45, 2.75) is 50.7 Å². The summed E-state index contributed by atoms with van der Waals surface area (Å²) < 4.78 is 39.3. The zero-order valence-corrected chi connectivity index (χ0v) is 24.0. The monoisotopic (exact) mass is 601 g/mol. The molecule has 0 saturated carbocycles. The van der Waals surface area contributed by atoms with Crippen LogP contribution in [-0.2, 0) is 12.6 Å². The van der Waals surface area contributed by atoms with Gasteiger partial charge in [0.15, 0.2) is 0 Å². The molecule has 1 aromatic heterocycles. The van der Waals surface area contributed by atoms with Gasteiger partial charge in [0.1, 0.15) is 0 Å². The lowest BCUT2D eigenvalue weighted by Crippen LogP contribution is -2.48. The van der Waals surface area contributed by atoms with Gasteiger partial charge in [-0.25, -0.2) is 0 Å². The molecule has 6 rings (SSSR count). The first-order valence-corrected chi connectivity index (χ1v) is 15.2. The van der Waals surface area contributed by atoms with Gasteiger partial charge in [-0.1, -0.05) is 17.7 Å². The smallest absolute Gasteiger partial charge is 0.371 e. The molecule has 216 valence electrons. The second-order valence-electron chi connectivity index (χ2n) is 11.4. The molecule has 0 radical (unpaired) electrons. The molecule has 41 heavy (non-hydrogen) atoms. The summed E-state index contributed by atoms with van der Waals surface area (Å²) in [4.78, 5) is 30.9. The van der Waals surface area contributed by atoms with Crippen molar-refractivity contribution in [3.63, 3.8) is 0 Å². The van der Waals surface area contributed by atoms with E-state index in [0.717, 1.165) is 80.6 Å². The number of nitrogens with zero attached hydrogens (tertiary/aromatic N) is 2. The molecule has 2 aliphatic heterocycles.